The second-order valence-corrected chi connectivity index (χ2v) is 8.39. The van der Waals surface area contributed by atoms with Crippen molar-refractivity contribution in [2.45, 2.75) is 32.4 Å². The lowest BCUT2D eigenvalue weighted by molar-refractivity contribution is 0.289. The highest BCUT2D eigenvalue weighted by molar-refractivity contribution is 7.91. The van der Waals surface area contributed by atoms with E-state index >= 15 is 0 Å². The second-order valence-electron chi connectivity index (χ2n) is 6.09. The predicted octanol–water partition coefficient (Wildman–Crippen LogP) is 2.68. The highest BCUT2D eigenvalue weighted by Crippen LogP contribution is 2.28. The van der Waals surface area contributed by atoms with Gasteiger partial charge in [0.2, 0.25) is 0 Å². The fourth-order valence-corrected chi connectivity index (χ4v) is 4.58. The molecule has 112 valence electrons. The van der Waals surface area contributed by atoms with Crippen LogP contribution >= 0.6 is 0 Å². The minimum Gasteiger partial charge on any atom is -0.301 e. The van der Waals surface area contributed by atoms with Gasteiger partial charge in [0, 0.05) is 13.1 Å². The molecule has 1 aromatic rings. The van der Waals surface area contributed by atoms with Crippen LogP contribution in [-0.2, 0) is 16.3 Å². The average Bonchev–Trinajstić information content (AvgIpc) is 2.39. The fourth-order valence-electron chi connectivity index (χ4n) is 2.78. The monoisotopic (exact) mass is 295 g/mol. The topological polar surface area (TPSA) is 37.4 Å². The number of rotatable bonds is 4. The molecule has 0 N–H and O–H groups in total. The molecule has 3 nitrogen and oxygen atoms in total. The predicted molar refractivity (Wildman–Crippen MR) is 83.6 cm³/mol. The van der Waals surface area contributed by atoms with Crippen molar-refractivity contribution < 1.29 is 8.42 Å². The zero-order chi connectivity index (χ0) is 14.8. The molecule has 0 amide bonds. The molecule has 20 heavy (non-hydrogen) atoms. The van der Waals surface area contributed by atoms with Crippen LogP contribution in [0.4, 0.5) is 0 Å². The van der Waals surface area contributed by atoms with Gasteiger partial charge in [-0.3, -0.25) is 0 Å². The van der Waals surface area contributed by atoms with Crippen LogP contribution in [0.3, 0.4) is 0 Å². The number of likely N-dealkylation sites (N-methyl/N-ethyl adjacent to an activating group) is 1. The van der Waals surface area contributed by atoms with Gasteiger partial charge in [-0.1, -0.05) is 45.0 Å². The third-order valence-electron chi connectivity index (χ3n) is 3.99. The van der Waals surface area contributed by atoms with E-state index in [0.29, 0.717) is 19.0 Å². The summed E-state index contributed by atoms with van der Waals surface area (Å²) in [5, 5.41) is -0.357. The first kappa shape index (κ1) is 15.5. The first-order valence-electron chi connectivity index (χ1n) is 7.45. The van der Waals surface area contributed by atoms with E-state index in [9.17, 15) is 8.42 Å². The molecule has 1 aliphatic rings. The van der Waals surface area contributed by atoms with Crippen LogP contribution in [0.25, 0.3) is 0 Å². The number of hydrogen-bond donors (Lipinski definition) is 0. The van der Waals surface area contributed by atoms with Gasteiger partial charge in [-0.05, 0) is 30.0 Å². The summed E-state index contributed by atoms with van der Waals surface area (Å²) in [4.78, 5) is 2.22. The Morgan fingerprint density at radius 3 is 2.45 bits per heavy atom. The van der Waals surface area contributed by atoms with Gasteiger partial charge in [0.1, 0.15) is 0 Å². The molecule has 4 heteroatoms. The Kier molecular flexibility index (Phi) is 4.86. The Hall–Kier alpha value is -0.870. The van der Waals surface area contributed by atoms with E-state index in [-0.39, 0.29) is 11.0 Å². The van der Waals surface area contributed by atoms with Gasteiger partial charge in [0.15, 0.2) is 9.84 Å². The summed E-state index contributed by atoms with van der Waals surface area (Å²) >= 11 is 0. The summed E-state index contributed by atoms with van der Waals surface area (Å²) in [6, 6.07) is 8.16. The number of nitrogens with zero attached hydrogens (tertiary/aromatic N) is 1. The Morgan fingerprint density at radius 2 is 1.90 bits per heavy atom. The highest BCUT2D eigenvalue weighted by Gasteiger charge is 2.33. The average molecular weight is 295 g/mol. The Bertz CT molecular complexity index is 534. The molecule has 0 aliphatic carbocycles. The van der Waals surface area contributed by atoms with E-state index in [1.165, 1.54) is 5.56 Å². The lowest BCUT2D eigenvalue weighted by Crippen LogP contribution is -2.42. The molecule has 1 aromatic carbocycles. The first-order valence-corrected chi connectivity index (χ1v) is 9.16. The van der Waals surface area contributed by atoms with Crippen molar-refractivity contribution in [1.82, 2.24) is 4.90 Å². The van der Waals surface area contributed by atoms with Crippen molar-refractivity contribution in [2.24, 2.45) is 5.92 Å². The molecule has 1 saturated heterocycles. The fraction of sp³-hybridized carbons (Fsp3) is 0.625. The van der Waals surface area contributed by atoms with E-state index in [2.05, 4.69) is 37.8 Å². The summed E-state index contributed by atoms with van der Waals surface area (Å²) in [5.74, 6) is 0.897. The minimum absolute atomic E-state index is 0.277. The van der Waals surface area contributed by atoms with E-state index in [1.807, 2.05) is 12.1 Å². The summed E-state index contributed by atoms with van der Waals surface area (Å²) < 4.78 is 24.6. The van der Waals surface area contributed by atoms with Crippen LogP contribution in [-0.4, -0.2) is 38.7 Å². The van der Waals surface area contributed by atoms with Crippen LogP contribution < -0.4 is 0 Å². The summed E-state index contributed by atoms with van der Waals surface area (Å²) in [5.41, 5.74) is 2.22. The molecule has 2 rings (SSSR count). The van der Waals surface area contributed by atoms with Crippen molar-refractivity contribution in [3.8, 4) is 0 Å². The van der Waals surface area contributed by atoms with Crippen molar-refractivity contribution in [3.63, 3.8) is 0 Å². The molecule has 1 aliphatic heterocycles. The van der Waals surface area contributed by atoms with Crippen LogP contribution in [0.2, 0.25) is 0 Å². The second kappa shape index (κ2) is 6.27. The highest BCUT2D eigenvalue weighted by atomic mass is 32.2. The van der Waals surface area contributed by atoms with E-state index in [1.54, 1.807) is 0 Å². The first-order chi connectivity index (χ1) is 9.42. The van der Waals surface area contributed by atoms with Crippen LogP contribution in [0.1, 0.15) is 37.1 Å². The molecule has 0 radical (unpaired) electrons. The third-order valence-corrected chi connectivity index (χ3v) is 6.03. The lowest BCUT2D eigenvalue weighted by atomic mass is 10.0. The van der Waals surface area contributed by atoms with E-state index in [0.717, 1.165) is 18.5 Å². The van der Waals surface area contributed by atoms with Crippen LogP contribution in [0, 0.1) is 5.92 Å². The van der Waals surface area contributed by atoms with Gasteiger partial charge < -0.3 is 4.90 Å². The molecule has 1 atom stereocenters. The molecular formula is C16H25NO2S. The quantitative estimate of drug-likeness (QED) is 0.857. The van der Waals surface area contributed by atoms with Gasteiger partial charge in [0.05, 0.1) is 11.0 Å². The Morgan fingerprint density at radius 1 is 1.25 bits per heavy atom. The molecule has 0 saturated carbocycles. The molecule has 1 fully saturated rings. The number of benzene rings is 1. The van der Waals surface area contributed by atoms with Gasteiger partial charge in [-0.15, -0.1) is 0 Å². The lowest BCUT2D eigenvalue weighted by Gasteiger charge is -2.32. The summed E-state index contributed by atoms with van der Waals surface area (Å²) in [6.45, 7) is 8.68. The maximum atomic E-state index is 12.3. The minimum atomic E-state index is -3.00. The largest absolute Gasteiger partial charge is 0.301 e. The summed E-state index contributed by atoms with van der Waals surface area (Å²) in [6.07, 6.45) is 1.04. The molecule has 1 heterocycles. The van der Waals surface area contributed by atoms with Gasteiger partial charge in [-0.25, -0.2) is 8.42 Å². The number of sulfone groups is 1. The Labute approximate surface area is 122 Å². The molecule has 0 aromatic heterocycles. The zero-order valence-electron chi connectivity index (χ0n) is 12.7. The van der Waals surface area contributed by atoms with Crippen LogP contribution in [0.15, 0.2) is 24.3 Å². The molecular weight excluding hydrogens is 270 g/mol. The normalized spacial score (nSPS) is 23.1. The van der Waals surface area contributed by atoms with Crippen molar-refractivity contribution in [3.05, 3.63) is 35.4 Å². The standard InChI is InChI=1S/C16H25NO2S/c1-4-17-9-10-20(18,19)16(12-17)15-7-5-14(6-8-15)11-13(2)3/h5-8,13,16H,4,9-12H2,1-3H3. The van der Waals surface area contributed by atoms with Gasteiger partial charge >= 0.3 is 0 Å². The van der Waals surface area contributed by atoms with Crippen molar-refractivity contribution in [1.29, 1.82) is 0 Å². The van der Waals surface area contributed by atoms with E-state index in [4.69, 9.17) is 0 Å². The van der Waals surface area contributed by atoms with Crippen LogP contribution in [0.5, 0.6) is 0 Å². The Balaban J connectivity index is 2.20. The smallest absolute Gasteiger partial charge is 0.159 e. The molecule has 0 bridgehead atoms. The van der Waals surface area contributed by atoms with E-state index < -0.39 is 9.84 Å². The van der Waals surface area contributed by atoms with Gasteiger partial charge in [-0.2, -0.15) is 0 Å². The maximum absolute atomic E-state index is 12.3. The SMILES string of the molecule is CCN1CCS(=O)(=O)C(c2ccc(CC(C)C)cc2)C1. The zero-order valence-corrected chi connectivity index (χ0v) is 13.5. The van der Waals surface area contributed by atoms with Crippen molar-refractivity contribution in [2.75, 3.05) is 25.4 Å². The molecule has 0 spiro atoms. The molecule has 1 unspecified atom stereocenters. The summed E-state index contributed by atoms with van der Waals surface area (Å²) in [7, 11) is -3.00. The maximum Gasteiger partial charge on any atom is 0.159 e. The third kappa shape index (κ3) is 3.61. The van der Waals surface area contributed by atoms with Gasteiger partial charge in [0.25, 0.3) is 0 Å². The van der Waals surface area contributed by atoms with Crippen molar-refractivity contribution >= 4 is 9.84 Å². The number of hydrogen-bond acceptors (Lipinski definition) is 3.